The molecule has 1 aliphatic heterocycles. The summed E-state index contributed by atoms with van der Waals surface area (Å²) in [6.45, 7) is 11.8. The molecule has 0 bridgehead atoms. The van der Waals surface area contributed by atoms with Crippen LogP contribution >= 0.6 is 35.7 Å². The number of aliphatic imine (C=N–C) groups is 1. The fourth-order valence-corrected chi connectivity index (χ4v) is 4.55. The molecule has 0 radical (unpaired) electrons. The van der Waals surface area contributed by atoms with Gasteiger partial charge in [0, 0.05) is 43.5 Å². The molecule has 25 heavy (non-hydrogen) atoms. The molecule has 0 spiro atoms. The van der Waals surface area contributed by atoms with Crippen LogP contribution in [0.1, 0.15) is 47.0 Å². The maximum absolute atomic E-state index is 5.87. The van der Waals surface area contributed by atoms with Crippen LogP contribution in [0.25, 0.3) is 0 Å². The number of ether oxygens (including phenoxy) is 1. The Balaban J connectivity index is 0.00000312. The minimum Gasteiger partial charge on any atom is -0.373 e. The first kappa shape index (κ1) is 23.3. The summed E-state index contributed by atoms with van der Waals surface area (Å²) < 4.78 is 5.87. The van der Waals surface area contributed by atoms with Gasteiger partial charge in [0.25, 0.3) is 0 Å². The van der Waals surface area contributed by atoms with Crippen LogP contribution in [0.4, 0.5) is 0 Å². The molecule has 4 unspecified atom stereocenters. The van der Waals surface area contributed by atoms with Crippen molar-refractivity contribution in [2.75, 3.05) is 32.9 Å². The van der Waals surface area contributed by atoms with Crippen molar-refractivity contribution in [2.24, 2.45) is 4.99 Å². The van der Waals surface area contributed by atoms with Crippen molar-refractivity contribution in [2.45, 2.75) is 76.0 Å². The number of guanidine groups is 1. The van der Waals surface area contributed by atoms with E-state index in [4.69, 9.17) is 4.74 Å². The number of hydrogen-bond acceptors (Lipinski definition) is 4. The average molecular weight is 484 g/mol. The van der Waals surface area contributed by atoms with E-state index >= 15 is 0 Å². The summed E-state index contributed by atoms with van der Waals surface area (Å²) in [5.41, 5.74) is 0.0708. The van der Waals surface area contributed by atoms with Gasteiger partial charge >= 0.3 is 0 Å². The number of morpholine rings is 1. The van der Waals surface area contributed by atoms with E-state index in [2.05, 4.69) is 54.5 Å². The topological polar surface area (TPSA) is 48.9 Å². The van der Waals surface area contributed by atoms with Crippen LogP contribution in [0, 0.1) is 0 Å². The molecule has 0 aromatic heterocycles. The lowest BCUT2D eigenvalue weighted by atomic mass is 10.00. The van der Waals surface area contributed by atoms with Crippen LogP contribution in [0.3, 0.4) is 0 Å². The summed E-state index contributed by atoms with van der Waals surface area (Å²) in [5, 5.41) is 7.95. The van der Waals surface area contributed by atoms with E-state index in [0.717, 1.165) is 30.8 Å². The number of halogens is 1. The highest BCUT2D eigenvalue weighted by Crippen LogP contribution is 2.28. The van der Waals surface area contributed by atoms with Crippen LogP contribution in [-0.2, 0) is 4.74 Å². The lowest BCUT2D eigenvalue weighted by Gasteiger charge is -2.45. The highest BCUT2D eigenvalue weighted by Gasteiger charge is 2.33. The second-order valence-electron chi connectivity index (χ2n) is 7.91. The SMILES string of the molecule is CN=C(NCC(C)(C)N1CC(C)OC(C)C1)NC1CCC(SC)C1.I. The molecule has 1 saturated carbocycles. The highest BCUT2D eigenvalue weighted by molar-refractivity contribution is 14.0. The third-order valence-electron chi connectivity index (χ3n) is 5.25. The first-order chi connectivity index (χ1) is 11.3. The molecule has 1 aliphatic carbocycles. The van der Waals surface area contributed by atoms with Gasteiger partial charge in [-0.05, 0) is 53.2 Å². The largest absolute Gasteiger partial charge is 0.373 e. The Morgan fingerprint density at radius 2 is 1.88 bits per heavy atom. The van der Waals surface area contributed by atoms with Crippen molar-refractivity contribution in [3.05, 3.63) is 0 Å². The number of nitrogens with zero attached hydrogens (tertiary/aromatic N) is 2. The molecule has 2 aliphatic rings. The van der Waals surface area contributed by atoms with Crippen molar-refractivity contribution in [1.82, 2.24) is 15.5 Å². The predicted molar refractivity (Wildman–Crippen MR) is 121 cm³/mol. The highest BCUT2D eigenvalue weighted by atomic mass is 127. The van der Waals surface area contributed by atoms with E-state index in [1.165, 1.54) is 19.3 Å². The molecule has 4 atom stereocenters. The molecular formula is C18H37IN4OS. The zero-order valence-corrected chi connectivity index (χ0v) is 19.8. The lowest BCUT2D eigenvalue weighted by molar-refractivity contribution is -0.0946. The van der Waals surface area contributed by atoms with E-state index in [9.17, 15) is 0 Å². The smallest absolute Gasteiger partial charge is 0.191 e. The second kappa shape index (κ2) is 10.6. The summed E-state index contributed by atoms with van der Waals surface area (Å²) in [7, 11) is 1.86. The Bertz CT molecular complexity index is 425. The van der Waals surface area contributed by atoms with Gasteiger partial charge in [-0.1, -0.05) is 0 Å². The molecule has 0 aromatic rings. The third-order valence-corrected chi connectivity index (χ3v) is 6.34. The first-order valence-corrected chi connectivity index (χ1v) is 10.5. The van der Waals surface area contributed by atoms with Crippen molar-refractivity contribution in [3.8, 4) is 0 Å². The molecule has 5 nitrogen and oxygen atoms in total. The molecule has 1 saturated heterocycles. The average Bonchev–Trinajstić information content (AvgIpc) is 2.98. The molecule has 148 valence electrons. The molecule has 1 heterocycles. The van der Waals surface area contributed by atoms with E-state index in [-0.39, 0.29) is 29.5 Å². The molecule has 7 heteroatoms. The van der Waals surface area contributed by atoms with Crippen LogP contribution in [0.15, 0.2) is 4.99 Å². The van der Waals surface area contributed by atoms with E-state index in [1.807, 2.05) is 18.8 Å². The second-order valence-corrected chi connectivity index (χ2v) is 9.05. The third kappa shape index (κ3) is 7.07. The number of rotatable bonds is 5. The van der Waals surface area contributed by atoms with Gasteiger partial charge in [0.15, 0.2) is 5.96 Å². The summed E-state index contributed by atoms with van der Waals surface area (Å²) in [4.78, 5) is 6.96. The molecule has 2 N–H and O–H groups in total. The Morgan fingerprint density at radius 3 is 2.40 bits per heavy atom. The Hall–Kier alpha value is 0.270. The maximum Gasteiger partial charge on any atom is 0.191 e. The van der Waals surface area contributed by atoms with Crippen LogP contribution in [0.2, 0.25) is 0 Å². The van der Waals surface area contributed by atoms with Gasteiger partial charge in [0.05, 0.1) is 12.2 Å². The monoisotopic (exact) mass is 484 g/mol. The van der Waals surface area contributed by atoms with E-state index in [1.54, 1.807) is 0 Å². The number of thioether (sulfide) groups is 1. The summed E-state index contributed by atoms with van der Waals surface area (Å²) in [6.07, 6.45) is 6.61. The van der Waals surface area contributed by atoms with E-state index in [0.29, 0.717) is 18.2 Å². The molecule has 2 fully saturated rings. The van der Waals surface area contributed by atoms with Gasteiger partial charge in [0.1, 0.15) is 0 Å². The van der Waals surface area contributed by atoms with Gasteiger partial charge < -0.3 is 15.4 Å². The Kier molecular flexibility index (Phi) is 9.85. The fourth-order valence-electron chi connectivity index (χ4n) is 3.76. The van der Waals surface area contributed by atoms with Crippen molar-refractivity contribution in [1.29, 1.82) is 0 Å². The summed E-state index contributed by atoms with van der Waals surface area (Å²) in [5.74, 6) is 0.934. The molecule has 0 aromatic carbocycles. The van der Waals surface area contributed by atoms with Crippen molar-refractivity contribution in [3.63, 3.8) is 0 Å². The number of nitrogens with one attached hydrogen (secondary N) is 2. The summed E-state index contributed by atoms with van der Waals surface area (Å²) in [6, 6.07) is 0.556. The van der Waals surface area contributed by atoms with Gasteiger partial charge in [-0.2, -0.15) is 11.8 Å². The summed E-state index contributed by atoms with van der Waals surface area (Å²) >= 11 is 1.99. The zero-order chi connectivity index (χ0) is 17.7. The predicted octanol–water partition coefficient (Wildman–Crippen LogP) is 2.94. The van der Waals surface area contributed by atoms with Crippen LogP contribution < -0.4 is 10.6 Å². The zero-order valence-electron chi connectivity index (χ0n) is 16.7. The van der Waals surface area contributed by atoms with Crippen molar-refractivity contribution >= 4 is 41.7 Å². The first-order valence-electron chi connectivity index (χ1n) is 9.24. The quantitative estimate of drug-likeness (QED) is 0.357. The van der Waals surface area contributed by atoms with Gasteiger partial charge in [-0.3, -0.25) is 9.89 Å². The van der Waals surface area contributed by atoms with Crippen LogP contribution in [-0.4, -0.2) is 72.8 Å². The van der Waals surface area contributed by atoms with E-state index < -0.39 is 0 Å². The Labute approximate surface area is 175 Å². The molecule has 0 amide bonds. The van der Waals surface area contributed by atoms with Gasteiger partial charge in [0.2, 0.25) is 0 Å². The molecular weight excluding hydrogens is 447 g/mol. The number of hydrogen-bond donors (Lipinski definition) is 2. The molecule has 2 rings (SSSR count). The van der Waals surface area contributed by atoms with Crippen molar-refractivity contribution < 1.29 is 4.74 Å². The minimum absolute atomic E-state index is 0. The maximum atomic E-state index is 5.87. The van der Waals surface area contributed by atoms with Crippen LogP contribution in [0.5, 0.6) is 0 Å². The normalized spacial score (nSPS) is 31.5. The Morgan fingerprint density at radius 1 is 1.24 bits per heavy atom. The standard InChI is InChI=1S/C18H36N4OS.HI/c1-13-10-22(11-14(2)23-13)18(3,4)12-20-17(19-5)21-15-7-8-16(9-15)24-6;/h13-16H,7-12H2,1-6H3,(H2,19,20,21);1H. The minimum atomic E-state index is 0. The lowest BCUT2D eigenvalue weighted by Crippen LogP contribution is -2.59. The van der Waals surface area contributed by atoms with Gasteiger partial charge in [-0.15, -0.1) is 24.0 Å². The van der Waals surface area contributed by atoms with Gasteiger partial charge in [-0.25, -0.2) is 0 Å². The fraction of sp³-hybridized carbons (Fsp3) is 0.944.